The molecule has 0 radical (unpaired) electrons. The van der Waals surface area contributed by atoms with Crippen LogP contribution in [-0.2, 0) is 23.9 Å². The number of Topliss-reactive ketones (excluding diaryl/α,β-unsaturated/α-hetero) is 2. The minimum absolute atomic E-state index is 0. The van der Waals surface area contributed by atoms with E-state index in [1.54, 1.807) is 23.5 Å². The largest absolute Gasteiger partial charge is 0.480 e. The molecular weight excluding hydrogens is 432 g/mol. The van der Waals surface area contributed by atoms with Crippen LogP contribution in [0.25, 0.3) is 0 Å². The van der Waals surface area contributed by atoms with Gasteiger partial charge in [0.25, 0.3) is 0 Å². The Kier molecular flexibility index (Phi) is 18.1. The molecule has 4 atom stereocenters. The van der Waals surface area contributed by atoms with E-state index >= 15 is 0 Å². The number of carbonyl (C=O) groups excluding carboxylic acids is 2. The number of hydrogen-bond donors (Lipinski definition) is 4. The molecule has 9 nitrogen and oxygen atoms in total. The van der Waals surface area contributed by atoms with Crippen LogP contribution >= 0.6 is 23.5 Å². The van der Waals surface area contributed by atoms with Crippen LogP contribution in [0, 0.1) is 0 Å². The van der Waals surface area contributed by atoms with Gasteiger partial charge in [0.15, 0.2) is 0 Å². The highest BCUT2D eigenvalue weighted by Crippen LogP contribution is 2.40. The number of hydrogen-bond acceptors (Lipinski definition) is 9. The lowest BCUT2D eigenvalue weighted by Gasteiger charge is -2.36. The first-order valence-electron chi connectivity index (χ1n) is 9.31. The number of ether oxygens (including phenoxy) is 1. The van der Waals surface area contributed by atoms with Crippen molar-refractivity contribution >= 4 is 47.0 Å². The predicted octanol–water partition coefficient (Wildman–Crippen LogP) is 1.40. The Morgan fingerprint density at radius 2 is 1.20 bits per heavy atom. The Balaban J connectivity index is 0. The lowest BCUT2D eigenvalue weighted by molar-refractivity contribution is -0.138. The molecule has 0 bridgehead atoms. The van der Waals surface area contributed by atoms with E-state index in [4.69, 9.17) is 26.4 Å². The molecule has 11 heteroatoms. The van der Waals surface area contributed by atoms with Gasteiger partial charge in [-0.3, -0.25) is 19.2 Å². The third-order valence-corrected chi connectivity index (χ3v) is 7.22. The van der Waals surface area contributed by atoms with Gasteiger partial charge in [0.1, 0.15) is 23.7 Å². The van der Waals surface area contributed by atoms with E-state index in [1.807, 2.05) is 0 Å². The number of carboxylic acid groups (broad SMARTS) is 2. The van der Waals surface area contributed by atoms with Crippen LogP contribution in [0.2, 0.25) is 0 Å². The van der Waals surface area contributed by atoms with E-state index in [2.05, 4.69) is 0 Å². The lowest BCUT2D eigenvalue weighted by atomic mass is 9.99. The standard InChI is InChI=1S/C10H18N2O4S2.C8H14O3.CH4/c11-5(9(13)14)3-17-7-1-2-8(7)18-4-6(12)10(15)16;1-7(9)3-5-11-6-4-8(2)10;/h5-8H,1-4,11-12H2,(H,13,14)(H,15,16);3-6H2,1-2H3;1H4. The van der Waals surface area contributed by atoms with E-state index < -0.39 is 24.0 Å². The van der Waals surface area contributed by atoms with Gasteiger partial charge in [-0.1, -0.05) is 7.43 Å². The predicted molar refractivity (Wildman–Crippen MR) is 121 cm³/mol. The van der Waals surface area contributed by atoms with Crippen molar-refractivity contribution in [2.75, 3.05) is 24.7 Å². The second-order valence-corrected chi connectivity index (χ2v) is 9.27. The number of rotatable bonds is 14. The molecule has 0 aromatic heterocycles. The molecule has 0 spiro atoms. The van der Waals surface area contributed by atoms with Gasteiger partial charge < -0.3 is 26.4 Å². The highest BCUT2D eigenvalue weighted by Gasteiger charge is 2.33. The smallest absolute Gasteiger partial charge is 0.321 e. The van der Waals surface area contributed by atoms with Gasteiger partial charge in [-0.05, 0) is 26.7 Å². The van der Waals surface area contributed by atoms with Crippen LogP contribution in [0.15, 0.2) is 0 Å². The summed E-state index contributed by atoms with van der Waals surface area (Å²) in [4.78, 5) is 41.9. The molecule has 0 amide bonds. The van der Waals surface area contributed by atoms with Gasteiger partial charge in [0, 0.05) is 34.8 Å². The summed E-state index contributed by atoms with van der Waals surface area (Å²) in [6.45, 7) is 3.91. The molecule has 1 fully saturated rings. The van der Waals surface area contributed by atoms with E-state index in [9.17, 15) is 19.2 Å². The maximum Gasteiger partial charge on any atom is 0.321 e. The van der Waals surface area contributed by atoms with Gasteiger partial charge in [-0.15, -0.1) is 0 Å². The third kappa shape index (κ3) is 15.7. The number of carbonyl (C=O) groups is 4. The quantitative estimate of drug-likeness (QED) is 0.272. The summed E-state index contributed by atoms with van der Waals surface area (Å²) in [5.41, 5.74) is 10.9. The average molecular weight is 469 g/mol. The van der Waals surface area contributed by atoms with E-state index in [-0.39, 0.29) is 19.0 Å². The Morgan fingerprint density at radius 1 is 0.867 bits per heavy atom. The number of nitrogens with two attached hydrogens (primary N) is 2. The number of carboxylic acids is 2. The fraction of sp³-hybridized carbons (Fsp3) is 0.789. The summed E-state index contributed by atoms with van der Waals surface area (Å²) in [6, 6.07) is -1.66. The molecule has 0 aromatic rings. The first-order valence-corrected chi connectivity index (χ1v) is 11.4. The molecule has 1 saturated carbocycles. The molecule has 1 rings (SSSR count). The van der Waals surface area contributed by atoms with E-state index in [1.165, 1.54) is 13.8 Å². The molecule has 1 aliphatic carbocycles. The molecule has 0 aliphatic heterocycles. The van der Waals surface area contributed by atoms with Crippen LogP contribution in [0.4, 0.5) is 0 Å². The fourth-order valence-electron chi connectivity index (χ4n) is 1.95. The molecule has 0 saturated heterocycles. The van der Waals surface area contributed by atoms with Crippen LogP contribution < -0.4 is 11.5 Å². The van der Waals surface area contributed by atoms with Crippen molar-refractivity contribution in [3.05, 3.63) is 0 Å². The molecule has 0 heterocycles. The van der Waals surface area contributed by atoms with Crippen molar-refractivity contribution in [1.82, 2.24) is 0 Å². The van der Waals surface area contributed by atoms with Crippen molar-refractivity contribution in [2.45, 2.75) is 69.5 Å². The topological polar surface area (TPSA) is 170 Å². The molecule has 1 aliphatic rings. The van der Waals surface area contributed by atoms with Crippen molar-refractivity contribution in [2.24, 2.45) is 11.5 Å². The zero-order chi connectivity index (χ0) is 22.4. The molecule has 0 aromatic carbocycles. The Labute approximate surface area is 187 Å². The summed E-state index contributed by atoms with van der Waals surface area (Å²) in [5, 5.41) is 18.1. The lowest BCUT2D eigenvalue weighted by Crippen LogP contribution is -2.39. The second-order valence-electron chi connectivity index (χ2n) is 6.73. The summed E-state index contributed by atoms with van der Waals surface area (Å²) in [5.74, 6) is -0.956. The first-order chi connectivity index (χ1) is 13.5. The Morgan fingerprint density at radius 3 is 1.43 bits per heavy atom. The zero-order valence-electron chi connectivity index (χ0n) is 16.9. The van der Waals surface area contributed by atoms with E-state index in [0.717, 1.165) is 12.8 Å². The molecule has 176 valence electrons. The summed E-state index contributed by atoms with van der Waals surface area (Å²) in [7, 11) is 0. The van der Waals surface area contributed by atoms with Crippen molar-refractivity contribution < 1.29 is 34.1 Å². The third-order valence-electron chi connectivity index (χ3n) is 3.96. The van der Waals surface area contributed by atoms with Gasteiger partial charge in [-0.25, -0.2) is 0 Å². The SMILES string of the molecule is C.CC(=O)CCOCCC(C)=O.NC(CSC1CCC1SCC(N)C(=O)O)C(=O)O. The van der Waals surface area contributed by atoms with Crippen LogP contribution in [-0.4, -0.2) is 81.0 Å². The molecule has 30 heavy (non-hydrogen) atoms. The fourth-order valence-corrected chi connectivity index (χ4v) is 4.92. The van der Waals surface area contributed by atoms with Gasteiger partial charge in [0.2, 0.25) is 0 Å². The summed E-state index contributed by atoms with van der Waals surface area (Å²) < 4.78 is 5.01. The van der Waals surface area contributed by atoms with Crippen molar-refractivity contribution in [1.29, 1.82) is 0 Å². The van der Waals surface area contributed by atoms with Crippen LogP contribution in [0.3, 0.4) is 0 Å². The zero-order valence-corrected chi connectivity index (χ0v) is 18.5. The normalized spacial score (nSPS) is 19.2. The maximum atomic E-state index is 10.6. The highest BCUT2D eigenvalue weighted by molar-refractivity contribution is 8.04. The minimum atomic E-state index is -0.987. The monoisotopic (exact) mass is 468 g/mol. The van der Waals surface area contributed by atoms with Crippen LogP contribution in [0.1, 0.15) is 47.0 Å². The number of aliphatic carboxylic acids is 2. The molecule has 4 unspecified atom stereocenters. The Hall–Kier alpha value is -1.14. The average Bonchev–Trinajstić information content (AvgIpc) is 2.60. The Bertz CT molecular complexity index is 503. The van der Waals surface area contributed by atoms with Crippen molar-refractivity contribution in [3.63, 3.8) is 0 Å². The first kappa shape index (κ1) is 31.0. The van der Waals surface area contributed by atoms with Crippen LogP contribution in [0.5, 0.6) is 0 Å². The highest BCUT2D eigenvalue weighted by atomic mass is 32.2. The van der Waals surface area contributed by atoms with E-state index in [0.29, 0.717) is 48.1 Å². The minimum Gasteiger partial charge on any atom is -0.480 e. The molecule has 6 N–H and O–H groups in total. The number of thioether (sulfide) groups is 2. The van der Waals surface area contributed by atoms with Gasteiger partial charge in [-0.2, -0.15) is 23.5 Å². The summed E-state index contributed by atoms with van der Waals surface area (Å²) in [6.07, 6.45) is 2.93. The van der Waals surface area contributed by atoms with Gasteiger partial charge in [0.05, 0.1) is 13.2 Å². The maximum absolute atomic E-state index is 10.6. The van der Waals surface area contributed by atoms with Gasteiger partial charge >= 0.3 is 11.9 Å². The second kappa shape index (κ2) is 17.5. The number of ketones is 2. The molecular formula is C19H36N2O7S2. The summed E-state index contributed by atoms with van der Waals surface area (Å²) >= 11 is 3.11. The van der Waals surface area contributed by atoms with Crippen molar-refractivity contribution in [3.8, 4) is 0 Å².